The lowest BCUT2D eigenvalue weighted by Crippen LogP contribution is -2.57. The molecule has 2 amide bonds. The van der Waals surface area contributed by atoms with E-state index in [-0.39, 0.29) is 23.2 Å². The second-order valence-electron chi connectivity index (χ2n) is 8.88. The number of hydrogen-bond donors (Lipinski definition) is 1. The quantitative estimate of drug-likeness (QED) is 0.633. The van der Waals surface area contributed by atoms with Crippen LogP contribution in [0.4, 0.5) is 5.69 Å². The Morgan fingerprint density at radius 3 is 1.88 bits per heavy atom. The maximum Gasteiger partial charge on any atom is 0.335 e. The smallest absolute Gasteiger partial charge is 0.335 e. The molecule has 6 heteroatoms. The van der Waals surface area contributed by atoms with Gasteiger partial charge >= 0.3 is 5.97 Å². The molecule has 1 saturated heterocycles. The topological polar surface area (TPSA) is 91.8 Å². The summed E-state index contributed by atoms with van der Waals surface area (Å²) in [6.45, 7) is 1.50. The molecule has 0 saturated carbocycles. The molecule has 162 valence electrons. The number of ketones is 1. The molecule has 4 aliphatic rings. The molecule has 1 heterocycles. The van der Waals surface area contributed by atoms with Gasteiger partial charge in [-0.25, -0.2) is 9.69 Å². The van der Waals surface area contributed by atoms with Crippen LogP contribution >= 0.6 is 0 Å². The first-order chi connectivity index (χ1) is 15.9. The van der Waals surface area contributed by atoms with E-state index in [4.69, 9.17) is 0 Å². The predicted molar refractivity (Wildman–Crippen MR) is 119 cm³/mol. The number of benzene rings is 3. The third-order valence-electron chi connectivity index (χ3n) is 7.55. The van der Waals surface area contributed by atoms with Gasteiger partial charge in [-0.1, -0.05) is 48.5 Å². The normalized spacial score (nSPS) is 26.6. The fraction of sp³-hybridized carbons (Fsp3) is 0.185. The zero-order valence-corrected chi connectivity index (χ0v) is 17.7. The minimum atomic E-state index is -1.24. The minimum absolute atomic E-state index is 0.0651. The van der Waals surface area contributed by atoms with Gasteiger partial charge < -0.3 is 5.11 Å². The van der Waals surface area contributed by atoms with Gasteiger partial charge in [-0.2, -0.15) is 0 Å². The lowest BCUT2D eigenvalue weighted by molar-refractivity contribution is -0.132. The van der Waals surface area contributed by atoms with Gasteiger partial charge in [-0.3, -0.25) is 14.4 Å². The summed E-state index contributed by atoms with van der Waals surface area (Å²) >= 11 is 0. The van der Waals surface area contributed by atoms with E-state index < -0.39 is 29.1 Å². The number of nitrogens with zero attached hydrogens (tertiary/aromatic N) is 1. The third kappa shape index (κ3) is 2.22. The van der Waals surface area contributed by atoms with Crippen molar-refractivity contribution in [3.05, 3.63) is 101 Å². The summed E-state index contributed by atoms with van der Waals surface area (Å²) in [5.41, 5.74) is 2.56. The summed E-state index contributed by atoms with van der Waals surface area (Å²) in [7, 11) is 0. The molecular formula is C27H19NO5. The first-order valence-electron chi connectivity index (χ1n) is 10.8. The van der Waals surface area contributed by atoms with Crippen molar-refractivity contribution in [3.63, 3.8) is 0 Å². The number of carboxylic acid groups (broad SMARTS) is 1. The number of anilines is 1. The molecule has 0 aromatic heterocycles. The van der Waals surface area contributed by atoms with Crippen molar-refractivity contribution in [1.82, 2.24) is 0 Å². The van der Waals surface area contributed by atoms with Crippen molar-refractivity contribution in [2.45, 2.75) is 18.3 Å². The molecule has 0 radical (unpaired) electrons. The molecule has 7 rings (SSSR count). The maximum absolute atomic E-state index is 13.9. The van der Waals surface area contributed by atoms with E-state index in [1.54, 1.807) is 0 Å². The summed E-state index contributed by atoms with van der Waals surface area (Å²) < 4.78 is 0. The Balaban J connectivity index is 1.61. The molecular weight excluding hydrogens is 418 g/mol. The summed E-state index contributed by atoms with van der Waals surface area (Å²) in [5.74, 6) is -3.91. The van der Waals surface area contributed by atoms with Crippen molar-refractivity contribution in [1.29, 1.82) is 0 Å². The largest absolute Gasteiger partial charge is 0.478 e. The van der Waals surface area contributed by atoms with Gasteiger partial charge in [0.2, 0.25) is 11.8 Å². The predicted octanol–water partition coefficient (Wildman–Crippen LogP) is 3.52. The van der Waals surface area contributed by atoms with Crippen molar-refractivity contribution in [2.75, 3.05) is 4.90 Å². The highest BCUT2D eigenvalue weighted by Gasteiger charge is 2.69. The number of amides is 2. The molecule has 3 aliphatic carbocycles. The van der Waals surface area contributed by atoms with E-state index in [0.29, 0.717) is 5.69 Å². The molecule has 6 nitrogen and oxygen atoms in total. The van der Waals surface area contributed by atoms with E-state index >= 15 is 0 Å². The highest BCUT2D eigenvalue weighted by Crippen LogP contribution is 2.64. The van der Waals surface area contributed by atoms with Gasteiger partial charge in [-0.05, 0) is 53.4 Å². The van der Waals surface area contributed by atoms with Crippen LogP contribution in [0.3, 0.4) is 0 Å². The Hall–Kier alpha value is -4.06. The van der Waals surface area contributed by atoms with Crippen LogP contribution in [0.25, 0.3) is 0 Å². The fourth-order valence-corrected chi connectivity index (χ4v) is 6.38. The fourth-order valence-electron chi connectivity index (χ4n) is 6.38. The minimum Gasteiger partial charge on any atom is -0.478 e. The number of hydrogen-bond acceptors (Lipinski definition) is 4. The summed E-state index contributed by atoms with van der Waals surface area (Å²) in [4.78, 5) is 53.6. The Morgan fingerprint density at radius 1 is 0.818 bits per heavy atom. The molecule has 1 aliphatic heterocycles. The standard InChI is InChI=1S/C27H19NO5/c1-14(29)27-19-8-4-2-6-17(19)21(18-7-3-5-9-20(18)27)22-23(27)25(31)28(24(22)30)16-12-10-15(11-13-16)26(32)33/h2-13,21-23H,1H3,(H,32,33)/t21?,22-,23-,27?/m1/s1. The molecule has 3 aromatic rings. The third-order valence-corrected chi connectivity index (χ3v) is 7.55. The van der Waals surface area contributed by atoms with Gasteiger partial charge in [0.15, 0.2) is 0 Å². The zero-order valence-electron chi connectivity index (χ0n) is 17.7. The summed E-state index contributed by atoms with van der Waals surface area (Å²) in [6.07, 6.45) is 0. The van der Waals surface area contributed by atoms with Crippen LogP contribution in [0.2, 0.25) is 0 Å². The van der Waals surface area contributed by atoms with Crippen LogP contribution < -0.4 is 4.90 Å². The molecule has 1 N–H and O–H groups in total. The monoisotopic (exact) mass is 437 g/mol. The van der Waals surface area contributed by atoms with Crippen molar-refractivity contribution < 1.29 is 24.3 Å². The number of rotatable bonds is 3. The van der Waals surface area contributed by atoms with Gasteiger partial charge in [0, 0.05) is 5.92 Å². The Bertz CT molecular complexity index is 1340. The second kappa shape index (κ2) is 6.48. The Kier molecular flexibility index (Phi) is 3.85. The lowest BCUT2D eigenvalue weighted by atomic mass is 9.46. The number of carbonyl (C=O) groups excluding carboxylic acids is 3. The van der Waals surface area contributed by atoms with Gasteiger partial charge in [-0.15, -0.1) is 0 Å². The number of aromatic carboxylic acids is 1. The Labute approximate surface area is 189 Å². The zero-order chi connectivity index (χ0) is 23.1. The van der Waals surface area contributed by atoms with E-state index in [2.05, 4.69) is 0 Å². The van der Waals surface area contributed by atoms with Crippen molar-refractivity contribution in [3.8, 4) is 0 Å². The molecule has 0 spiro atoms. The highest BCUT2D eigenvalue weighted by molar-refractivity contribution is 6.25. The van der Waals surface area contributed by atoms with Crippen LogP contribution in [0.5, 0.6) is 0 Å². The average Bonchev–Trinajstić information content (AvgIpc) is 3.09. The van der Waals surface area contributed by atoms with Gasteiger partial charge in [0.25, 0.3) is 0 Å². The lowest BCUT2D eigenvalue weighted by Gasteiger charge is -2.52. The molecule has 0 unspecified atom stereocenters. The van der Waals surface area contributed by atoms with Crippen molar-refractivity contribution in [2.24, 2.45) is 11.8 Å². The van der Waals surface area contributed by atoms with Gasteiger partial charge in [0.05, 0.1) is 28.5 Å². The van der Waals surface area contributed by atoms with E-state index in [0.717, 1.165) is 27.2 Å². The highest BCUT2D eigenvalue weighted by atomic mass is 16.4. The van der Waals surface area contributed by atoms with Crippen LogP contribution in [0.15, 0.2) is 72.8 Å². The second-order valence-corrected chi connectivity index (χ2v) is 8.88. The molecule has 2 bridgehead atoms. The Morgan fingerprint density at radius 2 is 1.36 bits per heavy atom. The number of carbonyl (C=O) groups is 4. The SMILES string of the molecule is CC(=O)C12c3ccccc3C(c3ccccc31)[C@H]1C(=O)N(c3ccc(C(=O)O)cc3)C(=O)[C@@H]12. The first-order valence-corrected chi connectivity index (χ1v) is 10.8. The number of carboxylic acids is 1. The van der Waals surface area contributed by atoms with Gasteiger partial charge in [0.1, 0.15) is 5.78 Å². The number of imide groups is 1. The summed E-state index contributed by atoms with van der Waals surface area (Å²) in [5, 5.41) is 9.20. The first kappa shape index (κ1) is 19.6. The summed E-state index contributed by atoms with van der Waals surface area (Å²) in [6, 6.07) is 20.9. The number of Topliss-reactive ketones (excluding diaryl/α,β-unsaturated/α-hetero) is 1. The van der Waals surface area contributed by atoms with Crippen LogP contribution in [0, 0.1) is 11.8 Å². The van der Waals surface area contributed by atoms with Crippen LogP contribution in [0.1, 0.15) is 45.5 Å². The van der Waals surface area contributed by atoms with Crippen molar-refractivity contribution >= 4 is 29.3 Å². The molecule has 33 heavy (non-hydrogen) atoms. The average molecular weight is 437 g/mol. The molecule has 1 fully saturated rings. The van der Waals surface area contributed by atoms with Crippen LogP contribution in [-0.2, 0) is 19.8 Å². The van der Waals surface area contributed by atoms with E-state index in [9.17, 15) is 24.3 Å². The molecule has 2 atom stereocenters. The van der Waals surface area contributed by atoms with Crippen LogP contribution in [-0.4, -0.2) is 28.7 Å². The van der Waals surface area contributed by atoms with E-state index in [1.165, 1.54) is 31.2 Å². The molecule has 3 aromatic carbocycles. The van der Waals surface area contributed by atoms with E-state index in [1.807, 2.05) is 48.5 Å². The maximum atomic E-state index is 13.9.